The first kappa shape index (κ1) is 15.8. The molecule has 126 valence electrons. The molecular weight excluding hydrogens is 316 g/mol. The van der Waals surface area contributed by atoms with Crippen LogP contribution < -0.4 is 5.32 Å². The first-order valence-corrected chi connectivity index (χ1v) is 9.96. The molecule has 1 N–H and O–H groups in total. The molecule has 3 aromatic rings. The summed E-state index contributed by atoms with van der Waals surface area (Å²) in [7, 11) is 0. The number of hydrogen-bond donors (Lipinski definition) is 1. The number of nitrogens with one attached hydrogen (secondary N) is 1. The second-order valence-corrected chi connectivity index (χ2v) is 7.54. The Morgan fingerprint density at radius 2 is 1.96 bits per heavy atom. The molecule has 1 aliphatic carbocycles. The maximum atomic E-state index is 5.00. The fourth-order valence-corrected chi connectivity index (χ4v) is 4.88. The fourth-order valence-electron chi connectivity index (χ4n) is 3.74. The fraction of sp³-hybridized carbons (Fsp3) is 0.526. The molecule has 0 aliphatic heterocycles. The maximum absolute atomic E-state index is 5.00. The van der Waals surface area contributed by atoms with Gasteiger partial charge in [-0.2, -0.15) is 0 Å². The van der Waals surface area contributed by atoms with Gasteiger partial charge in [0.2, 0.25) is 0 Å². The van der Waals surface area contributed by atoms with Crippen LogP contribution >= 0.6 is 11.3 Å². The zero-order valence-corrected chi connectivity index (χ0v) is 15.3. The SMILES string of the molecule is CCCCNc1ncnc2c1sc1nc(CC)c3c(c12)CCCC3. The molecule has 4 nitrogen and oxygen atoms in total. The predicted octanol–water partition coefficient (Wildman–Crippen LogP) is 4.89. The first-order chi connectivity index (χ1) is 11.8. The molecule has 0 aromatic carbocycles. The largest absolute Gasteiger partial charge is 0.369 e. The third-order valence-corrected chi connectivity index (χ3v) is 6.04. The van der Waals surface area contributed by atoms with Crippen LogP contribution in [0.25, 0.3) is 20.4 Å². The number of aromatic nitrogens is 3. The molecular formula is C19H24N4S. The normalized spacial score (nSPS) is 14.2. The molecule has 0 radical (unpaired) electrons. The van der Waals surface area contributed by atoms with Crippen molar-refractivity contribution in [3.63, 3.8) is 0 Å². The zero-order valence-electron chi connectivity index (χ0n) is 14.5. The Morgan fingerprint density at radius 1 is 1.12 bits per heavy atom. The van der Waals surface area contributed by atoms with E-state index in [2.05, 4.69) is 29.1 Å². The number of anilines is 1. The summed E-state index contributed by atoms with van der Waals surface area (Å²) in [5, 5.41) is 4.78. The number of nitrogens with zero attached hydrogens (tertiary/aromatic N) is 3. The maximum Gasteiger partial charge on any atom is 0.147 e. The van der Waals surface area contributed by atoms with Crippen molar-refractivity contribution in [3.8, 4) is 0 Å². The van der Waals surface area contributed by atoms with Gasteiger partial charge in [-0.15, -0.1) is 11.3 Å². The molecule has 1 aliphatic rings. The third-order valence-electron chi connectivity index (χ3n) is 4.97. The van der Waals surface area contributed by atoms with Gasteiger partial charge in [0.05, 0.1) is 10.2 Å². The summed E-state index contributed by atoms with van der Waals surface area (Å²) in [5.41, 5.74) is 5.39. The van der Waals surface area contributed by atoms with E-state index in [0.29, 0.717) is 0 Å². The quantitative estimate of drug-likeness (QED) is 0.672. The number of unbranched alkanes of at least 4 members (excludes halogenated alkanes) is 1. The highest BCUT2D eigenvalue weighted by molar-refractivity contribution is 7.26. The van der Waals surface area contributed by atoms with Crippen LogP contribution in [0.2, 0.25) is 0 Å². The molecule has 3 aromatic heterocycles. The van der Waals surface area contributed by atoms with Crippen LogP contribution in [-0.2, 0) is 19.3 Å². The summed E-state index contributed by atoms with van der Waals surface area (Å²) in [5.74, 6) is 0.971. The molecule has 0 unspecified atom stereocenters. The van der Waals surface area contributed by atoms with Crippen LogP contribution in [0.5, 0.6) is 0 Å². The minimum absolute atomic E-state index is 0.961. The lowest BCUT2D eigenvalue weighted by Gasteiger charge is -2.19. The van der Waals surface area contributed by atoms with E-state index in [-0.39, 0.29) is 0 Å². The van der Waals surface area contributed by atoms with Crippen molar-refractivity contribution in [2.75, 3.05) is 11.9 Å². The Bertz CT molecular complexity index is 884. The molecule has 5 heteroatoms. The standard InChI is InChI=1S/C19H24N4S/c1-3-5-10-20-18-17-16(21-11-22-18)15-13-9-7-6-8-12(13)14(4-2)23-19(15)24-17/h11H,3-10H2,1-2H3,(H,20,21,22). The van der Waals surface area contributed by atoms with Crippen LogP contribution in [0, 0.1) is 0 Å². The minimum Gasteiger partial charge on any atom is -0.369 e. The lowest BCUT2D eigenvalue weighted by Crippen LogP contribution is -2.08. The van der Waals surface area contributed by atoms with Crippen molar-refractivity contribution in [3.05, 3.63) is 23.1 Å². The summed E-state index contributed by atoms with van der Waals surface area (Å²) in [6.45, 7) is 5.38. The van der Waals surface area contributed by atoms with E-state index in [4.69, 9.17) is 4.98 Å². The van der Waals surface area contributed by atoms with Crippen molar-refractivity contribution in [1.29, 1.82) is 0 Å². The predicted molar refractivity (Wildman–Crippen MR) is 102 cm³/mol. The van der Waals surface area contributed by atoms with E-state index in [1.807, 2.05) is 0 Å². The van der Waals surface area contributed by atoms with Crippen LogP contribution in [0.15, 0.2) is 6.33 Å². The molecule has 0 saturated heterocycles. The number of thiophene rings is 1. The van der Waals surface area contributed by atoms with Gasteiger partial charge in [0.15, 0.2) is 0 Å². The van der Waals surface area contributed by atoms with Gasteiger partial charge in [0.25, 0.3) is 0 Å². The zero-order chi connectivity index (χ0) is 16.5. The third kappa shape index (κ3) is 2.55. The number of aryl methyl sites for hydroxylation is 2. The van der Waals surface area contributed by atoms with Crippen LogP contribution in [0.1, 0.15) is 56.4 Å². The monoisotopic (exact) mass is 340 g/mol. The van der Waals surface area contributed by atoms with E-state index < -0.39 is 0 Å². The minimum atomic E-state index is 0.961. The van der Waals surface area contributed by atoms with Crippen molar-refractivity contribution < 1.29 is 0 Å². The Hall–Kier alpha value is -1.75. The number of pyridine rings is 1. The second kappa shape index (κ2) is 6.63. The Kier molecular flexibility index (Phi) is 4.35. The lowest BCUT2D eigenvalue weighted by molar-refractivity contribution is 0.679. The topological polar surface area (TPSA) is 50.7 Å². The van der Waals surface area contributed by atoms with Gasteiger partial charge in [-0.3, -0.25) is 0 Å². The summed E-state index contributed by atoms with van der Waals surface area (Å²) in [6, 6.07) is 0. The molecule has 24 heavy (non-hydrogen) atoms. The molecule has 0 amide bonds. The van der Waals surface area contributed by atoms with E-state index in [1.54, 1.807) is 17.7 Å². The van der Waals surface area contributed by atoms with Crippen molar-refractivity contribution >= 4 is 37.6 Å². The van der Waals surface area contributed by atoms with Gasteiger partial charge in [0, 0.05) is 17.6 Å². The van der Waals surface area contributed by atoms with Crippen molar-refractivity contribution in [2.24, 2.45) is 0 Å². The molecule has 4 rings (SSSR count). The van der Waals surface area contributed by atoms with Crippen molar-refractivity contribution in [1.82, 2.24) is 15.0 Å². The van der Waals surface area contributed by atoms with Gasteiger partial charge < -0.3 is 5.32 Å². The lowest BCUT2D eigenvalue weighted by atomic mass is 9.88. The molecule has 0 saturated carbocycles. The number of hydrogen-bond acceptors (Lipinski definition) is 5. The number of fused-ring (bicyclic) bond motifs is 5. The van der Waals surface area contributed by atoms with Crippen LogP contribution in [0.4, 0.5) is 5.82 Å². The smallest absolute Gasteiger partial charge is 0.147 e. The number of rotatable bonds is 5. The van der Waals surface area contributed by atoms with E-state index in [9.17, 15) is 0 Å². The summed E-state index contributed by atoms with van der Waals surface area (Å²) in [6.07, 6.45) is 9.95. The van der Waals surface area contributed by atoms with Gasteiger partial charge in [0.1, 0.15) is 17.0 Å². The van der Waals surface area contributed by atoms with Gasteiger partial charge >= 0.3 is 0 Å². The summed E-state index contributed by atoms with van der Waals surface area (Å²) >= 11 is 1.75. The van der Waals surface area contributed by atoms with Gasteiger partial charge in [-0.1, -0.05) is 20.3 Å². The van der Waals surface area contributed by atoms with Crippen molar-refractivity contribution in [2.45, 2.75) is 58.8 Å². The molecule has 3 heterocycles. The summed E-state index contributed by atoms with van der Waals surface area (Å²) < 4.78 is 1.16. The Labute approximate surface area is 146 Å². The van der Waals surface area contributed by atoms with E-state index in [1.165, 1.54) is 47.9 Å². The van der Waals surface area contributed by atoms with Gasteiger partial charge in [-0.25, -0.2) is 15.0 Å². The van der Waals surface area contributed by atoms with Crippen LogP contribution in [0.3, 0.4) is 0 Å². The molecule has 0 bridgehead atoms. The average Bonchev–Trinajstić information content (AvgIpc) is 3.00. The van der Waals surface area contributed by atoms with Gasteiger partial charge in [-0.05, 0) is 49.7 Å². The highest BCUT2D eigenvalue weighted by atomic mass is 32.1. The Balaban J connectivity index is 1.93. The second-order valence-electron chi connectivity index (χ2n) is 6.54. The Morgan fingerprint density at radius 3 is 2.75 bits per heavy atom. The first-order valence-electron chi connectivity index (χ1n) is 9.15. The molecule has 0 atom stereocenters. The van der Waals surface area contributed by atoms with Crippen LogP contribution in [-0.4, -0.2) is 21.5 Å². The van der Waals surface area contributed by atoms with E-state index in [0.717, 1.165) is 46.7 Å². The highest BCUT2D eigenvalue weighted by Crippen LogP contribution is 2.40. The summed E-state index contributed by atoms with van der Waals surface area (Å²) in [4.78, 5) is 15.3. The highest BCUT2D eigenvalue weighted by Gasteiger charge is 2.22. The average molecular weight is 340 g/mol. The van der Waals surface area contributed by atoms with E-state index >= 15 is 0 Å². The molecule has 0 spiro atoms. The molecule has 0 fully saturated rings.